The van der Waals surface area contributed by atoms with Gasteiger partial charge >= 0.3 is 5.97 Å². The number of aryl methyl sites for hydroxylation is 1. The summed E-state index contributed by atoms with van der Waals surface area (Å²) in [6.07, 6.45) is 1.84. The van der Waals surface area contributed by atoms with Crippen molar-refractivity contribution in [1.29, 1.82) is 0 Å². The van der Waals surface area contributed by atoms with E-state index in [0.717, 1.165) is 5.56 Å². The van der Waals surface area contributed by atoms with Crippen molar-refractivity contribution in [2.24, 2.45) is 12.8 Å². The topological polar surface area (TPSA) is 57.2 Å². The predicted molar refractivity (Wildman–Crippen MR) is 54.0 cm³/mol. The van der Waals surface area contributed by atoms with E-state index in [2.05, 4.69) is 4.74 Å². The number of hydrogen-bond acceptors (Lipinski definition) is 3. The van der Waals surface area contributed by atoms with Crippen LogP contribution in [0.4, 0.5) is 0 Å². The molecule has 0 unspecified atom stereocenters. The summed E-state index contributed by atoms with van der Waals surface area (Å²) in [6.45, 7) is 3.78. The van der Waals surface area contributed by atoms with Crippen molar-refractivity contribution < 1.29 is 9.53 Å². The molecule has 0 saturated carbocycles. The summed E-state index contributed by atoms with van der Waals surface area (Å²) in [4.78, 5) is 11.3. The molecule has 1 rings (SSSR count). The Morgan fingerprint density at radius 3 is 2.50 bits per heavy atom. The SMILES string of the molecule is COC(=O)c1cc(C(C)(C)N)cn1C. The van der Waals surface area contributed by atoms with Crippen molar-refractivity contribution in [3.63, 3.8) is 0 Å². The maximum absolute atomic E-state index is 11.3. The summed E-state index contributed by atoms with van der Waals surface area (Å²) < 4.78 is 6.36. The normalized spacial score (nSPS) is 11.5. The number of rotatable bonds is 2. The molecule has 1 heterocycles. The Labute approximate surface area is 83.7 Å². The molecule has 0 aliphatic heterocycles. The first-order valence-corrected chi connectivity index (χ1v) is 4.40. The van der Waals surface area contributed by atoms with Crippen LogP contribution < -0.4 is 5.73 Å². The highest BCUT2D eigenvalue weighted by Crippen LogP contribution is 2.19. The van der Waals surface area contributed by atoms with Crippen molar-refractivity contribution in [1.82, 2.24) is 4.57 Å². The van der Waals surface area contributed by atoms with Gasteiger partial charge in [-0.3, -0.25) is 0 Å². The minimum atomic E-state index is -0.440. The Morgan fingerprint density at radius 2 is 2.14 bits per heavy atom. The van der Waals surface area contributed by atoms with Crippen molar-refractivity contribution in [3.8, 4) is 0 Å². The van der Waals surface area contributed by atoms with Crippen LogP contribution in [0.1, 0.15) is 29.9 Å². The summed E-state index contributed by atoms with van der Waals surface area (Å²) in [5, 5.41) is 0. The fourth-order valence-corrected chi connectivity index (χ4v) is 1.22. The second kappa shape index (κ2) is 3.46. The number of ether oxygens (including phenoxy) is 1. The Balaban J connectivity index is 3.12. The third-order valence-electron chi connectivity index (χ3n) is 2.14. The van der Waals surface area contributed by atoms with Crippen molar-refractivity contribution in [2.45, 2.75) is 19.4 Å². The Hall–Kier alpha value is -1.29. The first-order chi connectivity index (χ1) is 6.36. The molecule has 0 bridgehead atoms. The lowest BCUT2D eigenvalue weighted by atomic mass is 9.99. The number of esters is 1. The van der Waals surface area contributed by atoms with Crippen molar-refractivity contribution >= 4 is 5.97 Å². The molecule has 0 saturated heterocycles. The summed E-state index contributed by atoms with van der Waals surface area (Å²) in [5.74, 6) is -0.344. The summed E-state index contributed by atoms with van der Waals surface area (Å²) in [7, 11) is 3.16. The van der Waals surface area contributed by atoms with Crippen LogP contribution in [0.25, 0.3) is 0 Å². The quantitative estimate of drug-likeness (QED) is 0.718. The highest BCUT2D eigenvalue weighted by Gasteiger charge is 2.20. The molecular formula is C10H16N2O2. The number of hydrogen-bond donors (Lipinski definition) is 1. The molecule has 0 amide bonds. The first-order valence-electron chi connectivity index (χ1n) is 4.40. The average Bonchev–Trinajstić information content (AvgIpc) is 2.45. The second-order valence-corrected chi connectivity index (χ2v) is 3.94. The van der Waals surface area contributed by atoms with E-state index < -0.39 is 5.54 Å². The molecule has 78 valence electrons. The van der Waals surface area contributed by atoms with Gasteiger partial charge in [0.2, 0.25) is 0 Å². The molecule has 4 nitrogen and oxygen atoms in total. The maximum atomic E-state index is 11.3. The van der Waals surface area contributed by atoms with Crippen LogP contribution in [0.15, 0.2) is 12.3 Å². The second-order valence-electron chi connectivity index (χ2n) is 3.94. The number of nitrogens with two attached hydrogens (primary N) is 1. The molecule has 2 N–H and O–H groups in total. The van der Waals surface area contributed by atoms with Gasteiger partial charge in [-0.15, -0.1) is 0 Å². The van der Waals surface area contributed by atoms with Crippen LogP contribution in [0.5, 0.6) is 0 Å². The lowest BCUT2D eigenvalue weighted by Crippen LogP contribution is -2.27. The minimum absolute atomic E-state index is 0.344. The molecule has 4 heteroatoms. The molecule has 14 heavy (non-hydrogen) atoms. The third-order valence-corrected chi connectivity index (χ3v) is 2.14. The predicted octanol–water partition coefficient (Wildman–Crippen LogP) is 1.01. The zero-order chi connectivity index (χ0) is 10.9. The van der Waals surface area contributed by atoms with Crippen molar-refractivity contribution in [3.05, 3.63) is 23.5 Å². The highest BCUT2D eigenvalue weighted by molar-refractivity contribution is 5.88. The smallest absolute Gasteiger partial charge is 0.354 e. The van der Waals surface area contributed by atoms with Gasteiger partial charge in [0.25, 0.3) is 0 Å². The number of carbonyl (C=O) groups is 1. The van der Waals surface area contributed by atoms with E-state index in [0.29, 0.717) is 5.69 Å². The fourth-order valence-electron chi connectivity index (χ4n) is 1.22. The van der Waals surface area contributed by atoms with Gasteiger partial charge in [-0.2, -0.15) is 0 Å². The first kappa shape index (κ1) is 10.8. The van der Waals surface area contributed by atoms with Crippen LogP contribution in [-0.4, -0.2) is 17.6 Å². The van der Waals surface area contributed by atoms with Crippen LogP contribution in [0.3, 0.4) is 0 Å². The lowest BCUT2D eigenvalue weighted by Gasteiger charge is -2.15. The van der Waals surface area contributed by atoms with Gasteiger partial charge in [0.05, 0.1) is 7.11 Å². The number of methoxy groups -OCH3 is 1. The zero-order valence-corrected chi connectivity index (χ0v) is 9.00. The van der Waals surface area contributed by atoms with Gasteiger partial charge in [0, 0.05) is 18.8 Å². The Bertz CT molecular complexity index is 347. The fraction of sp³-hybridized carbons (Fsp3) is 0.500. The molecule has 0 spiro atoms. The Morgan fingerprint density at radius 1 is 1.57 bits per heavy atom. The zero-order valence-electron chi connectivity index (χ0n) is 9.00. The summed E-state index contributed by atoms with van der Waals surface area (Å²) >= 11 is 0. The van der Waals surface area contributed by atoms with Gasteiger partial charge < -0.3 is 15.0 Å². The monoisotopic (exact) mass is 196 g/mol. The molecule has 1 aromatic heterocycles. The van der Waals surface area contributed by atoms with Gasteiger partial charge in [-0.25, -0.2) is 4.79 Å². The van der Waals surface area contributed by atoms with Crippen LogP contribution >= 0.6 is 0 Å². The molecule has 0 aromatic carbocycles. The standard InChI is InChI=1S/C10H16N2O2/c1-10(2,11)7-5-8(9(13)14-4)12(3)6-7/h5-6H,11H2,1-4H3. The molecule has 0 radical (unpaired) electrons. The van der Waals surface area contributed by atoms with E-state index in [1.807, 2.05) is 20.0 Å². The van der Waals surface area contributed by atoms with Gasteiger partial charge in [-0.05, 0) is 25.5 Å². The van der Waals surface area contributed by atoms with E-state index in [1.165, 1.54) is 7.11 Å². The molecule has 1 aromatic rings. The van der Waals surface area contributed by atoms with E-state index in [1.54, 1.807) is 17.7 Å². The number of nitrogens with zero attached hydrogens (tertiary/aromatic N) is 1. The van der Waals surface area contributed by atoms with E-state index >= 15 is 0 Å². The third kappa shape index (κ3) is 1.96. The van der Waals surface area contributed by atoms with Crippen LogP contribution in [0, 0.1) is 0 Å². The van der Waals surface area contributed by atoms with E-state index in [9.17, 15) is 4.79 Å². The maximum Gasteiger partial charge on any atom is 0.354 e. The van der Waals surface area contributed by atoms with Gasteiger partial charge in [0.15, 0.2) is 0 Å². The Kier molecular flexibility index (Phi) is 2.66. The molecule has 0 atom stereocenters. The highest BCUT2D eigenvalue weighted by atomic mass is 16.5. The lowest BCUT2D eigenvalue weighted by molar-refractivity contribution is 0.0590. The van der Waals surface area contributed by atoms with Crippen LogP contribution in [-0.2, 0) is 17.3 Å². The summed E-state index contributed by atoms with van der Waals surface area (Å²) in [6, 6.07) is 1.76. The van der Waals surface area contributed by atoms with E-state index in [-0.39, 0.29) is 5.97 Å². The number of aromatic nitrogens is 1. The van der Waals surface area contributed by atoms with E-state index in [4.69, 9.17) is 5.73 Å². The van der Waals surface area contributed by atoms with Crippen molar-refractivity contribution in [2.75, 3.05) is 7.11 Å². The van der Waals surface area contributed by atoms with Gasteiger partial charge in [-0.1, -0.05) is 0 Å². The van der Waals surface area contributed by atoms with Crippen LogP contribution in [0.2, 0.25) is 0 Å². The molecular weight excluding hydrogens is 180 g/mol. The van der Waals surface area contributed by atoms with Gasteiger partial charge in [0.1, 0.15) is 5.69 Å². The molecule has 0 fully saturated rings. The largest absolute Gasteiger partial charge is 0.464 e. The molecule has 0 aliphatic rings. The summed E-state index contributed by atoms with van der Waals surface area (Å²) in [5.41, 5.74) is 6.91. The number of carbonyl (C=O) groups excluding carboxylic acids is 1. The average molecular weight is 196 g/mol. The minimum Gasteiger partial charge on any atom is -0.464 e. The molecule has 0 aliphatic carbocycles.